The highest BCUT2D eigenvalue weighted by Crippen LogP contribution is 2.25. The summed E-state index contributed by atoms with van der Waals surface area (Å²) in [4.78, 5) is 27.3. The number of nitrogens with one attached hydrogen (secondary N) is 1. The first-order valence-electron chi connectivity index (χ1n) is 9.41. The number of carbonyl (C=O) groups is 2. The van der Waals surface area contributed by atoms with Crippen molar-refractivity contribution < 1.29 is 23.8 Å². The Kier molecular flexibility index (Phi) is 5.87. The van der Waals surface area contributed by atoms with E-state index in [1.807, 2.05) is 43.3 Å². The molecule has 1 saturated heterocycles. The molecule has 0 aliphatic carbocycles. The molecule has 2 N–H and O–H groups in total. The first kappa shape index (κ1) is 20.2. The Morgan fingerprint density at radius 1 is 1.23 bits per heavy atom. The molecule has 1 aliphatic rings. The molecule has 2 amide bonds. The SMILES string of the molecule is Cc1cccc(-c2nc(C(O)COc3ccc(CC4SC(=O)NC4=O)cc3)co2)c1. The van der Waals surface area contributed by atoms with Crippen molar-refractivity contribution in [1.82, 2.24) is 10.3 Å². The summed E-state index contributed by atoms with van der Waals surface area (Å²) >= 11 is 1.01. The maximum atomic E-state index is 11.7. The van der Waals surface area contributed by atoms with Crippen LogP contribution in [0.4, 0.5) is 4.79 Å². The number of benzene rings is 2. The number of thioether (sulfide) groups is 1. The summed E-state index contributed by atoms with van der Waals surface area (Å²) in [6.45, 7) is 2.01. The lowest BCUT2D eigenvalue weighted by Gasteiger charge is -2.11. The van der Waals surface area contributed by atoms with Gasteiger partial charge in [0.1, 0.15) is 30.4 Å². The van der Waals surface area contributed by atoms with Crippen LogP contribution < -0.4 is 10.1 Å². The number of aliphatic hydroxyl groups excluding tert-OH is 1. The van der Waals surface area contributed by atoms with Crippen LogP contribution in [0.25, 0.3) is 11.5 Å². The number of ether oxygens (including phenoxy) is 1. The van der Waals surface area contributed by atoms with Crippen LogP contribution in [0.5, 0.6) is 5.75 Å². The number of aliphatic hydroxyl groups is 1. The number of amides is 2. The van der Waals surface area contributed by atoms with E-state index in [2.05, 4.69) is 10.3 Å². The van der Waals surface area contributed by atoms with Crippen LogP contribution in [0.15, 0.2) is 59.2 Å². The molecular formula is C22H20N2O5S. The third-order valence-electron chi connectivity index (χ3n) is 4.65. The summed E-state index contributed by atoms with van der Waals surface area (Å²) in [5, 5.41) is 11.9. The Morgan fingerprint density at radius 2 is 2.03 bits per heavy atom. The first-order chi connectivity index (χ1) is 14.5. The molecule has 1 aromatic heterocycles. The van der Waals surface area contributed by atoms with Crippen molar-refractivity contribution in [3.8, 4) is 17.2 Å². The minimum Gasteiger partial charge on any atom is -0.490 e. The first-order valence-corrected chi connectivity index (χ1v) is 10.3. The Hall–Kier alpha value is -3.10. The molecule has 30 heavy (non-hydrogen) atoms. The highest BCUT2D eigenvalue weighted by molar-refractivity contribution is 8.15. The van der Waals surface area contributed by atoms with Crippen molar-refractivity contribution in [2.24, 2.45) is 0 Å². The number of oxazole rings is 1. The van der Waals surface area contributed by atoms with Gasteiger partial charge < -0.3 is 14.3 Å². The predicted molar refractivity (Wildman–Crippen MR) is 112 cm³/mol. The van der Waals surface area contributed by atoms with Crippen LogP contribution in [0.2, 0.25) is 0 Å². The van der Waals surface area contributed by atoms with Crippen LogP contribution in [-0.4, -0.2) is 33.1 Å². The molecule has 2 atom stereocenters. The zero-order chi connectivity index (χ0) is 21.1. The van der Waals surface area contributed by atoms with E-state index in [1.165, 1.54) is 6.26 Å². The van der Waals surface area contributed by atoms with Crippen molar-refractivity contribution in [2.75, 3.05) is 6.61 Å². The van der Waals surface area contributed by atoms with E-state index in [0.717, 1.165) is 28.5 Å². The van der Waals surface area contributed by atoms with E-state index < -0.39 is 11.4 Å². The number of aromatic nitrogens is 1. The predicted octanol–water partition coefficient (Wildman–Crippen LogP) is 3.66. The monoisotopic (exact) mass is 424 g/mol. The molecule has 2 aromatic carbocycles. The number of rotatable bonds is 7. The number of carbonyl (C=O) groups excluding carboxylic acids is 2. The minimum absolute atomic E-state index is 0.0223. The molecule has 0 spiro atoms. The molecule has 0 radical (unpaired) electrons. The van der Waals surface area contributed by atoms with Gasteiger partial charge in [-0.15, -0.1) is 0 Å². The van der Waals surface area contributed by atoms with E-state index in [0.29, 0.717) is 23.8 Å². The second kappa shape index (κ2) is 8.73. The fourth-order valence-electron chi connectivity index (χ4n) is 3.07. The normalized spacial score (nSPS) is 17.1. The standard InChI is InChI=1S/C22H20N2O5S/c1-13-3-2-4-15(9-13)21-23-17(11-29-21)18(25)12-28-16-7-5-14(6-8-16)10-19-20(26)24-22(27)30-19/h2-9,11,18-19,25H,10,12H2,1H3,(H,24,26,27). The molecule has 4 rings (SSSR count). The van der Waals surface area contributed by atoms with Crippen molar-refractivity contribution >= 4 is 22.9 Å². The lowest BCUT2D eigenvalue weighted by atomic mass is 10.1. The Bertz CT molecular complexity index is 1060. The van der Waals surface area contributed by atoms with Gasteiger partial charge in [-0.05, 0) is 43.2 Å². The maximum absolute atomic E-state index is 11.7. The average Bonchev–Trinajstić information content (AvgIpc) is 3.34. The molecular weight excluding hydrogens is 404 g/mol. The van der Waals surface area contributed by atoms with Crippen LogP contribution in [-0.2, 0) is 11.2 Å². The molecule has 1 fully saturated rings. The van der Waals surface area contributed by atoms with Gasteiger partial charge in [-0.2, -0.15) is 0 Å². The summed E-state index contributed by atoms with van der Waals surface area (Å²) < 4.78 is 11.1. The van der Waals surface area contributed by atoms with Crippen molar-refractivity contribution in [1.29, 1.82) is 0 Å². The molecule has 154 valence electrons. The molecule has 2 unspecified atom stereocenters. The van der Waals surface area contributed by atoms with Gasteiger partial charge in [0.05, 0.1) is 5.25 Å². The fraction of sp³-hybridized carbons (Fsp3) is 0.227. The topological polar surface area (TPSA) is 102 Å². The number of nitrogens with zero attached hydrogens (tertiary/aromatic N) is 1. The van der Waals surface area contributed by atoms with Crippen LogP contribution in [0, 0.1) is 6.92 Å². The van der Waals surface area contributed by atoms with Crippen molar-refractivity contribution in [3.63, 3.8) is 0 Å². The molecule has 8 heteroatoms. The van der Waals surface area contributed by atoms with Gasteiger partial charge in [-0.1, -0.05) is 41.6 Å². The lowest BCUT2D eigenvalue weighted by molar-refractivity contribution is -0.118. The zero-order valence-electron chi connectivity index (χ0n) is 16.2. The summed E-state index contributed by atoms with van der Waals surface area (Å²) in [6.07, 6.45) is 0.961. The van der Waals surface area contributed by atoms with Gasteiger partial charge in [0.15, 0.2) is 0 Å². The summed E-state index contributed by atoms with van der Waals surface area (Å²) in [5.74, 6) is 0.773. The van der Waals surface area contributed by atoms with E-state index in [1.54, 1.807) is 12.1 Å². The summed E-state index contributed by atoms with van der Waals surface area (Å²) in [7, 11) is 0. The minimum atomic E-state index is -0.934. The number of imide groups is 1. The zero-order valence-corrected chi connectivity index (χ0v) is 17.0. The number of aryl methyl sites for hydroxylation is 1. The third kappa shape index (κ3) is 4.72. The quantitative estimate of drug-likeness (QED) is 0.597. The summed E-state index contributed by atoms with van der Waals surface area (Å²) in [6, 6.07) is 15.0. The fourth-order valence-corrected chi connectivity index (χ4v) is 3.93. The van der Waals surface area contributed by atoms with E-state index in [-0.39, 0.29) is 17.8 Å². The van der Waals surface area contributed by atoms with Gasteiger partial charge in [0.2, 0.25) is 11.8 Å². The van der Waals surface area contributed by atoms with Gasteiger partial charge in [-0.25, -0.2) is 4.98 Å². The number of hydrogen-bond acceptors (Lipinski definition) is 7. The van der Waals surface area contributed by atoms with E-state index in [9.17, 15) is 14.7 Å². The van der Waals surface area contributed by atoms with Crippen molar-refractivity contribution in [2.45, 2.75) is 24.7 Å². The van der Waals surface area contributed by atoms with Gasteiger partial charge in [0.25, 0.3) is 5.24 Å². The number of hydrogen-bond donors (Lipinski definition) is 2. The van der Waals surface area contributed by atoms with Gasteiger partial charge >= 0.3 is 0 Å². The maximum Gasteiger partial charge on any atom is 0.286 e. The van der Waals surface area contributed by atoms with Crippen molar-refractivity contribution in [3.05, 3.63) is 71.6 Å². The molecule has 0 saturated carbocycles. The molecule has 0 bridgehead atoms. The van der Waals surface area contributed by atoms with E-state index >= 15 is 0 Å². The van der Waals surface area contributed by atoms with Crippen LogP contribution in [0.1, 0.15) is 22.9 Å². The Morgan fingerprint density at radius 3 is 2.73 bits per heavy atom. The Labute approximate surface area is 177 Å². The third-order valence-corrected chi connectivity index (χ3v) is 5.63. The highest BCUT2D eigenvalue weighted by atomic mass is 32.2. The smallest absolute Gasteiger partial charge is 0.286 e. The van der Waals surface area contributed by atoms with E-state index in [4.69, 9.17) is 9.15 Å². The van der Waals surface area contributed by atoms with Gasteiger partial charge in [-0.3, -0.25) is 14.9 Å². The summed E-state index contributed by atoms with van der Waals surface area (Å²) in [5.41, 5.74) is 3.26. The highest BCUT2D eigenvalue weighted by Gasteiger charge is 2.31. The molecule has 1 aliphatic heterocycles. The second-order valence-corrected chi connectivity index (χ2v) is 8.18. The average molecular weight is 424 g/mol. The van der Waals surface area contributed by atoms with Crippen LogP contribution in [0.3, 0.4) is 0 Å². The molecule has 7 nitrogen and oxygen atoms in total. The second-order valence-electron chi connectivity index (χ2n) is 7.01. The molecule has 3 aromatic rings. The van der Waals surface area contributed by atoms with Crippen LogP contribution >= 0.6 is 11.8 Å². The Balaban J connectivity index is 1.32. The largest absolute Gasteiger partial charge is 0.490 e. The molecule has 2 heterocycles. The lowest BCUT2D eigenvalue weighted by Crippen LogP contribution is -2.25. The van der Waals surface area contributed by atoms with Gasteiger partial charge in [0, 0.05) is 5.56 Å².